The molecule has 3 nitrogen and oxygen atoms in total. The van der Waals surface area contributed by atoms with Crippen molar-refractivity contribution in [2.45, 2.75) is 25.0 Å². The molecule has 118 valence electrons. The Hall–Kier alpha value is -1.72. The number of hydrogen-bond acceptors (Lipinski definition) is 2. The molecule has 3 rings (SSSR count). The summed E-state index contributed by atoms with van der Waals surface area (Å²) in [5.41, 5.74) is 2.03. The monoisotopic (exact) mass is 305 g/mol. The van der Waals surface area contributed by atoms with E-state index in [2.05, 4.69) is 20.9 Å². The van der Waals surface area contributed by atoms with Gasteiger partial charge in [-0.3, -0.25) is 4.90 Å². The second-order valence-corrected chi connectivity index (χ2v) is 5.99. The number of hydrogen-bond donors (Lipinski definition) is 1. The van der Waals surface area contributed by atoms with Gasteiger partial charge in [-0.25, -0.2) is 8.78 Å². The van der Waals surface area contributed by atoms with Gasteiger partial charge in [-0.1, -0.05) is 6.07 Å². The van der Waals surface area contributed by atoms with E-state index in [1.54, 1.807) is 6.07 Å². The summed E-state index contributed by atoms with van der Waals surface area (Å²) in [7, 11) is 4.04. The van der Waals surface area contributed by atoms with Gasteiger partial charge in [0.15, 0.2) is 11.6 Å². The highest BCUT2D eigenvalue weighted by molar-refractivity contribution is 5.24. The van der Waals surface area contributed by atoms with E-state index in [4.69, 9.17) is 0 Å². The summed E-state index contributed by atoms with van der Waals surface area (Å²) in [6.45, 7) is 1.71. The standard InChI is InChI=1S/C17H21F2N3/c1-21-8-3-4-13(21)11-20-16-7-9-22(2)17(16)12-5-6-14(18)15(19)10-12/h3-6,8,10,16-17,20H,7,9,11H2,1-2H3/t16-,17+/m1/s1. The molecule has 5 heteroatoms. The predicted molar refractivity (Wildman–Crippen MR) is 82.4 cm³/mol. The first-order valence-corrected chi connectivity index (χ1v) is 7.55. The fraction of sp³-hybridized carbons (Fsp3) is 0.412. The Bertz CT molecular complexity index is 653. The van der Waals surface area contributed by atoms with Gasteiger partial charge in [0, 0.05) is 44.1 Å². The summed E-state index contributed by atoms with van der Waals surface area (Å²) >= 11 is 0. The molecule has 1 aliphatic heterocycles. The lowest BCUT2D eigenvalue weighted by Gasteiger charge is -2.26. The first-order valence-electron chi connectivity index (χ1n) is 7.55. The molecule has 2 aromatic rings. The highest BCUT2D eigenvalue weighted by atomic mass is 19.2. The molecule has 1 aromatic heterocycles. The molecule has 0 unspecified atom stereocenters. The maximum atomic E-state index is 13.5. The van der Waals surface area contributed by atoms with Crippen LogP contribution in [0, 0.1) is 11.6 Å². The van der Waals surface area contributed by atoms with Gasteiger partial charge in [-0.05, 0) is 43.3 Å². The van der Waals surface area contributed by atoms with Gasteiger partial charge < -0.3 is 9.88 Å². The lowest BCUT2D eigenvalue weighted by atomic mass is 10.00. The van der Waals surface area contributed by atoms with Gasteiger partial charge in [-0.2, -0.15) is 0 Å². The lowest BCUT2D eigenvalue weighted by molar-refractivity contribution is 0.284. The van der Waals surface area contributed by atoms with Crippen molar-refractivity contribution in [1.29, 1.82) is 0 Å². The minimum atomic E-state index is -0.794. The Kier molecular flexibility index (Phi) is 4.27. The van der Waals surface area contributed by atoms with Gasteiger partial charge in [0.25, 0.3) is 0 Å². The molecule has 0 bridgehead atoms. The third kappa shape index (κ3) is 2.91. The van der Waals surface area contributed by atoms with Crippen LogP contribution in [0.1, 0.15) is 23.7 Å². The largest absolute Gasteiger partial charge is 0.353 e. The molecule has 1 fully saturated rings. The van der Waals surface area contributed by atoms with E-state index >= 15 is 0 Å². The highest BCUT2D eigenvalue weighted by Crippen LogP contribution is 2.31. The smallest absolute Gasteiger partial charge is 0.159 e. The first-order chi connectivity index (χ1) is 10.6. The fourth-order valence-corrected chi connectivity index (χ4v) is 3.26. The summed E-state index contributed by atoms with van der Waals surface area (Å²) < 4.78 is 28.8. The highest BCUT2D eigenvalue weighted by Gasteiger charge is 2.33. The molecule has 1 aromatic carbocycles. The molecule has 1 N–H and O–H groups in total. The van der Waals surface area contributed by atoms with Crippen molar-refractivity contribution in [2.75, 3.05) is 13.6 Å². The van der Waals surface area contributed by atoms with E-state index < -0.39 is 11.6 Å². The van der Waals surface area contributed by atoms with Crippen LogP contribution in [0.2, 0.25) is 0 Å². The van der Waals surface area contributed by atoms with Crippen molar-refractivity contribution in [3.8, 4) is 0 Å². The Balaban J connectivity index is 1.75. The van der Waals surface area contributed by atoms with Crippen LogP contribution in [0.25, 0.3) is 0 Å². The van der Waals surface area contributed by atoms with Crippen LogP contribution in [0.3, 0.4) is 0 Å². The van der Waals surface area contributed by atoms with E-state index in [1.165, 1.54) is 17.8 Å². The molecule has 0 amide bonds. The second-order valence-electron chi connectivity index (χ2n) is 5.99. The van der Waals surface area contributed by atoms with Crippen LogP contribution < -0.4 is 5.32 Å². The second kappa shape index (κ2) is 6.18. The molecule has 0 spiro atoms. The van der Waals surface area contributed by atoms with E-state index in [9.17, 15) is 8.78 Å². The van der Waals surface area contributed by atoms with Gasteiger partial charge in [-0.15, -0.1) is 0 Å². The molecule has 2 atom stereocenters. The number of aryl methyl sites for hydroxylation is 1. The zero-order valence-electron chi connectivity index (χ0n) is 12.9. The third-order valence-electron chi connectivity index (χ3n) is 4.53. The first kappa shape index (κ1) is 15.2. The van der Waals surface area contributed by atoms with Crippen molar-refractivity contribution < 1.29 is 8.78 Å². The lowest BCUT2D eigenvalue weighted by Crippen LogP contribution is -2.35. The SMILES string of the molecule is CN1CC[C@@H](NCc2cccn2C)[C@@H]1c1ccc(F)c(F)c1. The maximum Gasteiger partial charge on any atom is 0.159 e. The average molecular weight is 305 g/mol. The van der Waals surface area contributed by atoms with Gasteiger partial charge >= 0.3 is 0 Å². The summed E-state index contributed by atoms with van der Waals surface area (Å²) in [6, 6.07) is 8.61. The molecule has 1 aliphatic rings. The zero-order valence-corrected chi connectivity index (χ0v) is 12.9. The van der Waals surface area contributed by atoms with Crippen LogP contribution >= 0.6 is 0 Å². The van der Waals surface area contributed by atoms with Gasteiger partial charge in [0.2, 0.25) is 0 Å². The number of likely N-dealkylation sites (tertiary alicyclic amines) is 1. The molecular formula is C17H21F2N3. The summed E-state index contributed by atoms with van der Waals surface area (Å²) in [6.07, 6.45) is 3.01. The molecule has 0 radical (unpaired) electrons. The number of aromatic nitrogens is 1. The molecule has 1 saturated heterocycles. The number of benzene rings is 1. The zero-order chi connectivity index (χ0) is 15.7. The molecule has 0 aliphatic carbocycles. The maximum absolute atomic E-state index is 13.5. The number of rotatable bonds is 4. The Labute approximate surface area is 129 Å². The topological polar surface area (TPSA) is 20.2 Å². The summed E-state index contributed by atoms with van der Waals surface area (Å²) in [4.78, 5) is 2.19. The van der Waals surface area contributed by atoms with Crippen LogP contribution in [-0.2, 0) is 13.6 Å². The Morgan fingerprint density at radius 1 is 1.18 bits per heavy atom. The Morgan fingerprint density at radius 2 is 2.00 bits per heavy atom. The average Bonchev–Trinajstić information content (AvgIpc) is 3.06. The van der Waals surface area contributed by atoms with E-state index in [0.29, 0.717) is 0 Å². The van der Waals surface area contributed by atoms with Crippen LogP contribution in [0.4, 0.5) is 8.78 Å². The van der Waals surface area contributed by atoms with Crippen molar-refractivity contribution in [2.24, 2.45) is 7.05 Å². The fourth-order valence-electron chi connectivity index (χ4n) is 3.26. The van der Waals surface area contributed by atoms with Crippen molar-refractivity contribution in [3.63, 3.8) is 0 Å². The molecule has 0 saturated carbocycles. The minimum Gasteiger partial charge on any atom is -0.353 e. The number of nitrogens with one attached hydrogen (secondary N) is 1. The molecule has 2 heterocycles. The van der Waals surface area contributed by atoms with Gasteiger partial charge in [0.05, 0.1) is 0 Å². The van der Waals surface area contributed by atoms with E-state index in [-0.39, 0.29) is 12.1 Å². The van der Waals surface area contributed by atoms with Gasteiger partial charge in [0.1, 0.15) is 0 Å². The van der Waals surface area contributed by atoms with Crippen molar-refractivity contribution in [1.82, 2.24) is 14.8 Å². The quantitative estimate of drug-likeness (QED) is 0.937. The van der Waals surface area contributed by atoms with Crippen molar-refractivity contribution in [3.05, 3.63) is 59.4 Å². The summed E-state index contributed by atoms with van der Waals surface area (Å²) in [5.74, 6) is -1.57. The van der Waals surface area contributed by atoms with Crippen LogP contribution in [0.5, 0.6) is 0 Å². The molecule has 22 heavy (non-hydrogen) atoms. The normalized spacial score (nSPS) is 22.4. The van der Waals surface area contributed by atoms with Crippen LogP contribution in [-0.4, -0.2) is 29.1 Å². The van der Waals surface area contributed by atoms with Crippen molar-refractivity contribution >= 4 is 0 Å². The number of halogens is 2. The van der Waals surface area contributed by atoms with Crippen LogP contribution in [0.15, 0.2) is 36.5 Å². The van der Waals surface area contributed by atoms with E-state index in [0.717, 1.165) is 25.1 Å². The molecular weight excluding hydrogens is 284 g/mol. The van der Waals surface area contributed by atoms with E-state index in [1.807, 2.05) is 26.4 Å². The Morgan fingerprint density at radius 3 is 2.68 bits per heavy atom. The summed E-state index contributed by atoms with van der Waals surface area (Å²) in [5, 5.41) is 3.56. The number of nitrogens with zero attached hydrogens (tertiary/aromatic N) is 2. The predicted octanol–water partition coefficient (Wildman–Crippen LogP) is 2.84. The number of likely N-dealkylation sites (N-methyl/N-ethyl adjacent to an activating group) is 1. The minimum absolute atomic E-state index is 0.0652. The third-order valence-corrected chi connectivity index (χ3v) is 4.53.